The number of thioether (sulfide) groups is 1. The second-order valence-corrected chi connectivity index (χ2v) is 7.10. The number of benzene rings is 1. The van der Waals surface area contributed by atoms with Gasteiger partial charge in [0.1, 0.15) is 22.7 Å². The van der Waals surface area contributed by atoms with E-state index in [1.54, 1.807) is 18.2 Å². The number of H-pyrrole nitrogens is 1. The summed E-state index contributed by atoms with van der Waals surface area (Å²) >= 11 is 13.6. The molecule has 26 heavy (non-hydrogen) atoms. The summed E-state index contributed by atoms with van der Waals surface area (Å²) in [5, 5.41) is 4.54. The van der Waals surface area contributed by atoms with E-state index < -0.39 is 17.7 Å². The van der Waals surface area contributed by atoms with Crippen molar-refractivity contribution < 1.29 is 8.78 Å². The highest BCUT2D eigenvalue weighted by Crippen LogP contribution is 2.32. The molecule has 0 unspecified atom stereocenters. The van der Waals surface area contributed by atoms with Gasteiger partial charge < -0.3 is 10.3 Å². The zero-order valence-corrected chi connectivity index (χ0v) is 16.1. The van der Waals surface area contributed by atoms with E-state index in [1.807, 2.05) is 13.2 Å². The molecule has 0 spiro atoms. The first-order chi connectivity index (χ1) is 12.4. The molecule has 0 fully saturated rings. The van der Waals surface area contributed by atoms with Crippen molar-refractivity contribution in [1.82, 2.24) is 15.0 Å². The Bertz CT molecular complexity index is 949. The van der Waals surface area contributed by atoms with Crippen LogP contribution in [0, 0.1) is 18.6 Å². The summed E-state index contributed by atoms with van der Waals surface area (Å²) in [5.74, 6) is -1.10. The lowest BCUT2D eigenvalue weighted by atomic mass is 10.1. The number of pyridine rings is 1. The Morgan fingerprint density at radius 1 is 1.19 bits per heavy atom. The minimum atomic E-state index is -0.802. The van der Waals surface area contributed by atoms with Crippen molar-refractivity contribution >= 4 is 40.8 Å². The van der Waals surface area contributed by atoms with Gasteiger partial charge in [0.25, 0.3) is 0 Å². The van der Waals surface area contributed by atoms with Gasteiger partial charge in [-0.1, -0.05) is 29.3 Å². The molecule has 4 nitrogen and oxygen atoms in total. The fraction of sp³-hybridized carbons (Fsp3) is 0.176. The number of rotatable bonds is 5. The predicted octanol–water partition coefficient (Wildman–Crippen LogP) is 5.62. The number of halogens is 4. The molecule has 0 aliphatic heterocycles. The maximum Gasteiger partial charge on any atom is 0.168 e. The molecule has 2 N–H and O–H groups in total. The first-order valence-corrected chi connectivity index (χ1v) is 9.50. The van der Waals surface area contributed by atoms with Crippen LogP contribution in [0.4, 0.5) is 14.6 Å². The van der Waals surface area contributed by atoms with E-state index in [0.29, 0.717) is 21.4 Å². The molecule has 3 rings (SSSR count). The van der Waals surface area contributed by atoms with Gasteiger partial charge in [0.05, 0.1) is 16.2 Å². The number of nitrogens with one attached hydrogen (secondary N) is 2. The third kappa shape index (κ3) is 3.95. The van der Waals surface area contributed by atoms with E-state index >= 15 is 0 Å². The Hall–Kier alpha value is -1.83. The Kier molecular flexibility index (Phi) is 5.70. The maximum atomic E-state index is 14.1. The Labute approximate surface area is 163 Å². The van der Waals surface area contributed by atoms with E-state index in [0.717, 1.165) is 23.0 Å². The van der Waals surface area contributed by atoms with Crippen molar-refractivity contribution in [1.29, 1.82) is 0 Å². The van der Waals surface area contributed by atoms with Crippen LogP contribution in [0.3, 0.4) is 0 Å². The summed E-state index contributed by atoms with van der Waals surface area (Å²) in [6.07, 6.45) is 2.85. The predicted molar refractivity (Wildman–Crippen MR) is 101 cm³/mol. The molecule has 0 bridgehead atoms. The standard InChI is InChI=1S/C17H14Cl2F2N4S/c1-8-17(26-2)25-16(23-8)14(9-3-4-11(18)12(19)5-9)24-15-13(21)6-10(20)7-22-15/h3-7,14H,1-2H3,(H,22,24)(H,23,25)/t14-/m1/s1. The summed E-state index contributed by atoms with van der Waals surface area (Å²) in [7, 11) is 0. The molecule has 0 aliphatic carbocycles. The topological polar surface area (TPSA) is 53.6 Å². The molecule has 1 atom stereocenters. The van der Waals surface area contributed by atoms with Crippen LogP contribution >= 0.6 is 35.0 Å². The van der Waals surface area contributed by atoms with Gasteiger partial charge in [-0.25, -0.2) is 18.7 Å². The lowest BCUT2D eigenvalue weighted by molar-refractivity contribution is 0.574. The monoisotopic (exact) mass is 414 g/mol. The van der Waals surface area contributed by atoms with Crippen LogP contribution in [0.15, 0.2) is 35.5 Å². The number of imidazole rings is 1. The van der Waals surface area contributed by atoms with Crippen LogP contribution in [0.5, 0.6) is 0 Å². The molecule has 0 radical (unpaired) electrons. The lowest BCUT2D eigenvalue weighted by Crippen LogP contribution is -2.16. The molecule has 2 aromatic heterocycles. The molecule has 9 heteroatoms. The van der Waals surface area contributed by atoms with E-state index in [4.69, 9.17) is 23.2 Å². The zero-order chi connectivity index (χ0) is 18.8. The summed E-state index contributed by atoms with van der Waals surface area (Å²) in [5.41, 5.74) is 1.58. The minimum Gasteiger partial charge on any atom is -0.354 e. The largest absolute Gasteiger partial charge is 0.354 e. The van der Waals surface area contributed by atoms with E-state index in [2.05, 4.69) is 20.3 Å². The molecular formula is C17H14Cl2F2N4S. The second-order valence-electron chi connectivity index (χ2n) is 5.49. The Morgan fingerprint density at radius 2 is 1.96 bits per heavy atom. The third-order valence-electron chi connectivity index (χ3n) is 3.69. The van der Waals surface area contributed by atoms with Crippen LogP contribution < -0.4 is 5.32 Å². The van der Waals surface area contributed by atoms with E-state index in [1.165, 1.54) is 11.8 Å². The molecule has 0 saturated carbocycles. The average molecular weight is 415 g/mol. The van der Waals surface area contributed by atoms with Crippen molar-refractivity contribution in [2.45, 2.75) is 18.0 Å². The number of aryl methyl sites for hydroxylation is 1. The van der Waals surface area contributed by atoms with Gasteiger partial charge in [-0.05, 0) is 30.9 Å². The van der Waals surface area contributed by atoms with Crippen molar-refractivity contribution in [3.63, 3.8) is 0 Å². The normalized spacial score (nSPS) is 12.2. The Balaban J connectivity index is 2.06. The number of aromatic nitrogens is 3. The number of anilines is 1. The lowest BCUT2D eigenvalue weighted by Gasteiger charge is -2.19. The summed E-state index contributed by atoms with van der Waals surface area (Å²) in [6.45, 7) is 1.89. The molecule has 0 saturated heterocycles. The maximum absolute atomic E-state index is 14.1. The van der Waals surface area contributed by atoms with Crippen LogP contribution in [0.2, 0.25) is 10.0 Å². The molecule has 0 aliphatic rings. The number of nitrogens with zero attached hydrogens (tertiary/aromatic N) is 2. The number of hydrogen-bond donors (Lipinski definition) is 2. The van der Waals surface area contributed by atoms with Gasteiger partial charge >= 0.3 is 0 Å². The number of aromatic amines is 1. The highest BCUT2D eigenvalue weighted by Gasteiger charge is 2.22. The first kappa shape index (κ1) is 18.9. The average Bonchev–Trinajstić information content (AvgIpc) is 2.97. The smallest absolute Gasteiger partial charge is 0.168 e. The molecule has 2 heterocycles. The fourth-order valence-electron chi connectivity index (χ4n) is 2.46. The van der Waals surface area contributed by atoms with Gasteiger partial charge in [-0.15, -0.1) is 11.8 Å². The van der Waals surface area contributed by atoms with Crippen LogP contribution in [-0.4, -0.2) is 21.2 Å². The van der Waals surface area contributed by atoms with Crippen LogP contribution in [-0.2, 0) is 0 Å². The fourth-order valence-corrected chi connectivity index (χ4v) is 3.31. The van der Waals surface area contributed by atoms with Crippen molar-refractivity contribution in [3.8, 4) is 0 Å². The molecule has 136 valence electrons. The van der Waals surface area contributed by atoms with Gasteiger partial charge in [-0.2, -0.15) is 0 Å². The van der Waals surface area contributed by atoms with Crippen LogP contribution in [0.1, 0.15) is 23.1 Å². The summed E-state index contributed by atoms with van der Waals surface area (Å²) in [4.78, 5) is 11.5. The highest BCUT2D eigenvalue weighted by molar-refractivity contribution is 7.98. The van der Waals surface area contributed by atoms with Crippen molar-refractivity contribution in [3.05, 3.63) is 69.2 Å². The van der Waals surface area contributed by atoms with E-state index in [9.17, 15) is 8.78 Å². The highest BCUT2D eigenvalue weighted by atomic mass is 35.5. The first-order valence-electron chi connectivity index (χ1n) is 7.52. The second kappa shape index (κ2) is 7.82. The van der Waals surface area contributed by atoms with E-state index in [-0.39, 0.29) is 5.82 Å². The molecule has 1 aromatic carbocycles. The molecule has 0 amide bonds. The molecule has 3 aromatic rings. The third-order valence-corrected chi connectivity index (χ3v) is 5.21. The number of hydrogen-bond acceptors (Lipinski definition) is 4. The van der Waals surface area contributed by atoms with Crippen LogP contribution in [0.25, 0.3) is 0 Å². The van der Waals surface area contributed by atoms with Gasteiger partial charge in [0, 0.05) is 11.8 Å². The SMILES string of the molecule is CSc1nc([C@H](Nc2ncc(F)cc2F)c2ccc(Cl)c(Cl)c2)[nH]c1C. The molecular weight excluding hydrogens is 401 g/mol. The van der Waals surface area contributed by atoms with Crippen molar-refractivity contribution in [2.75, 3.05) is 11.6 Å². The van der Waals surface area contributed by atoms with Gasteiger partial charge in [0.15, 0.2) is 11.6 Å². The summed E-state index contributed by atoms with van der Waals surface area (Å²) in [6, 6.07) is 5.25. The Morgan fingerprint density at radius 3 is 2.58 bits per heavy atom. The van der Waals surface area contributed by atoms with Gasteiger partial charge in [-0.3, -0.25) is 0 Å². The van der Waals surface area contributed by atoms with Gasteiger partial charge in [0.2, 0.25) is 0 Å². The minimum absolute atomic E-state index is 0.0952. The van der Waals surface area contributed by atoms with Crippen molar-refractivity contribution in [2.24, 2.45) is 0 Å². The quantitative estimate of drug-likeness (QED) is 0.531. The summed E-state index contributed by atoms with van der Waals surface area (Å²) < 4.78 is 27.2. The zero-order valence-electron chi connectivity index (χ0n) is 13.8.